The Morgan fingerprint density at radius 3 is 2.37 bits per heavy atom. The summed E-state index contributed by atoms with van der Waals surface area (Å²) < 4.78 is 7.16. The van der Waals surface area contributed by atoms with Gasteiger partial charge in [-0.2, -0.15) is 0 Å². The molecule has 0 spiro atoms. The Kier molecular flexibility index (Phi) is 5.15. The van der Waals surface area contributed by atoms with Crippen molar-refractivity contribution in [3.63, 3.8) is 0 Å². The monoisotopic (exact) mass is 424 g/mol. The lowest BCUT2D eigenvalue weighted by Crippen LogP contribution is -1.89. The van der Waals surface area contributed by atoms with Crippen LogP contribution in [0.15, 0.2) is 39.3 Å². The maximum atomic E-state index is 9.10. The Morgan fingerprint density at radius 1 is 1.00 bits per heavy atom. The molecule has 0 amide bonds. The zero-order valence-corrected chi connectivity index (χ0v) is 14.1. The van der Waals surface area contributed by atoms with E-state index in [-0.39, 0.29) is 6.61 Å². The molecule has 0 bridgehead atoms. The number of rotatable bonds is 3. The lowest BCUT2D eigenvalue weighted by atomic mass is 10.2. The topological polar surface area (TPSA) is 29.5 Å². The van der Waals surface area contributed by atoms with E-state index < -0.39 is 0 Å². The SMILES string of the molecule is OCc1ccc(Oc2cc(Cl)c(Br)cc2Cl)cc1Br. The van der Waals surface area contributed by atoms with Crippen molar-refractivity contribution in [2.75, 3.05) is 0 Å². The summed E-state index contributed by atoms with van der Waals surface area (Å²) in [6.45, 7) is -0.0360. The molecule has 0 aromatic heterocycles. The minimum atomic E-state index is -0.0360. The van der Waals surface area contributed by atoms with E-state index in [1.165, 1.54) is 0 Å². The predicted molar refractivity (Wildman–Crippen MR) is 84.3 cm³/mol. The fourth-order valence-corrected chi connectivity index (χ4v) is 2.74. The Balaban J connectivity index is 2.31. The van der Waals surface area contributed by atoms with E-state index in [0.29, 0.717) is 26.0 Å². The molecule has 2 aromatic rings. The molecular formula is C13H8Br2Cl2O2. The summed E-state index contributed by atoms with van der Waals surface area (Å²) in [5, 5.41) is 10.1. The Morgan fingerprint density at radius 2 is 1.74 bits per heavy atom. The van der Waals surface area contributed by atoms with Crippen LogP contribution in [0, 0.1) is 0 Å². The zero-order chi connectivity index (χ0) is 14.0. The number of aliphatic hydroxyl groups excluding tert-OH is 1. The maximum absolute atomic E-state index is 9.10. The fraction of sp³-hybridized carbons (Fsp3) is 0.0769. The summed E-state index contributed by atoms with van der Waals surface area (Å²) in [7, 11) is 0. The number of halogens is 4. The van der Waals surface area contributed by atoms with Gasteiger partial charge >= 0.3 is 0 Å². The van der Waals surface area contributed by atoms with Crippen molar-refractivity contribution < 1.29 is 9.84 Å². The Hall–Kier alpha value is -0.260. The van der Waals surface area contributed by atoms with E-state index in [4.69, 9.17) is 33.0 Å². The Bertz CT molecular complexity index is 618. The van der Waals surface area contributed by atoms with Gasteiger partial charge in [0.1, 0.15) is 11.5 Å². The first-order valence-corrected chi connectivity index (χ1v) is 7.57. The van der Waals surface area contributed by atoms with Crippen molar-refractivity contribution in [2.45, 2.75) is 6.61 Å². The van der Waals surface area contributed by atoms with Gasteiger partial charge in [0.15, 0.2) is 0 Å². The van der Waals surface area contributed by atoms with E-state index in [0.717, 1.165) is 10.0 Å². The van der Waals surface area contributed by atoms with E-state index >= 15 is 0 Å². The van der Waals surface area contributed by atoms with Crippen LogP contribution in [0.1, 0.15) is 5.56 Å². The van der Waals surface area contributed by atoms with E-state index in [1.807, 2.05) is 0 Å². The third kappa shape index (κ3) is 3.64. The largest absolute Gasteiger partial charge is 0.456 e. The first-order valence-electron chi connectivity index (χ1n) is 5.23. The molecular weight excluding hydrogens is 419 g/mol. The second-order valence-electron chi connectivity index (χ2n) is 3.71. The molecule has 0 aliphatic heterocycles. The molecule has 19 heavy (non-hydrogen) atoms. The van der Waals surface area contributed by atoms with Crippen LogP contribution in [0.5, 0.6) is 11.5 Å². The van der Waals surface area contributed by atoms with Crippen molar-refractivity contribution in [2.24, 2.45) is 0 Å². The third-order valence-corrected chi connectivity index (χ3v) is 4.63. The second-order valence-corrected chi connectivity index (χ2v) is 6.23. The van der Waals surface area contributed by atoms with Crippen LogP contribution in [0.4, 0.5) is 0 Å². The second kappa shape index (κ2) is 6.46. The fourth-order valence-electron chi connectivity index (χ4n) is 1.43. The molecule has 0 aliphatic carbocycles. The molecule has 100 valence electrons. The van der Waals surface area contributed by atoms with Crippen molar-refractivity contribution in [3.05, 3.63) is 54.9 Å². The van der Waals surface area contributed by atoms with Crippen molar-refractivity contribution in [1.29, 1.82) is 0 Å². The summed E-state index contributed by atoms with van der Waals surface area (Å²) in [5.74, 6) is 1.07. The highest BCUT2D eigenvalue weighted by Gasteiger charge is 2.09. The van der Waals surface area contributed by atoms with Crippen LogP contribution in [-0.4, -0.2) is 5.11 Å². The molecule has 0 unspecified atom stereocenters. The molecule has 0 heterocycles. The van der Waals surface area contributed by atoms with Gasteiger partial charge in [0, 0.05) is 15.0 Å². The van der Waals surface area contributed by atoms with Gasteiger partial charge in [0.05, 0.1) is 16.7 Å². The van der Waals surface area contributed by atoms with Gasteiger partial charge < -0.3 is 9.84 Å². The van der Waals surface area contributed by atoms with Crippen LogP contribution >= 0.6 is 55.1 Å². The first-order chi connectivity index (χ1) is 9.01. The molecule has 0 saturated heterocycles. The van der Waals surface area contributed by atoms with E-state index in [9.17, 15) is 0 Å². The van der Waals surface area contributed by atoms with Gasteiger partial charge in [-0.3, -0.25) is 0 Å². The lowest BCUT2D eigenvalue weighted by molar-refractivity contribution is 0.281. The van der Waals surface area contributed by atoms with Gasteiger partial charge in [-0.25, -0.2) is 0 Å². The van der Waals surface area contributed by atoms with Crippen LogP contribution in [0.3, 0.4) is 0 Å². The summed E-state index contributed by atoms with van der Waals surface area (Å²) in [5.41, 5.74) is 0.785. The highest BCUT2D eigenvalue weighted by molar-refractivity contribution is 9.10. The zero-order valence-electron chi connectivity index (χ0n) is 9.46. The summed E-state index contributed by atoms with van der Waals surface area (Å²) >= 11 is 18.7. The third-order valence-electron chi connectivity index (χ3n) is 2.40. The number of ether oxygens (including phenoxy) is 1. The molecule has 1 N–H and O–H groups in total. The smallest absolute Gasteiger partial charge is 0.147 e. The van der Waals surface area contributed by atoms with Gasteiger partial charge in [0.25, 0.3) is 0 Å². The normalized spacial score (nSPS) is 10.6. The van der Waals surface area contributed by atoms with Crippen LogP contribution in [0.25, 0.3) is 0 Å². The average molecular weight is 427 g/mol. The molecule has 0 aliphatic rings. The highest BCUT2D eigenvalue weighted by atomic mass is 79.9. The number of benzene rings is 2. The highest BCUT2D eigenvalue weighted by Crippen LogP contribution is 2.37. The van der Waals surface area contributed by atoms with Gasteiger partial charge in [-0.1, -0.05) is 45.2 Å². The molecule has 0 atom stereocenters. The summed E-state index contributed by atoms with van der Waals surface area (Å²) in [6.07, 6.45) is 0. The number of aliphatic hydroxyl groups is 1. The summed E-state index contributed by atoms with van der Waals surface area (Å²) in [4.78, 5) is 0. The van der Waals surface area contributed by atoms with Crippen LogP contribution < -0.4 is 4.74 Å². The predicted octanol–water partition coefficient (Wildman–Crippen LogP) is 5.80. The standard InChI is InChI=1S/C13H8Br2Cl2O2/c14-9-3-8(2-1-7(9)6-18)19-13-5-11(16)10(15)4-12(13)17/h1-5,18H,6H2. The molecule has 6 heteroatoms. The first kappa shape index (κ1) is 15.1. The lowest BCUT2D eigenvalue weighted by Gasteiger charge is -2.10. The van der Waals surface area contributed by atoms with Gasteiger partial charge in [-0.15, -0.1) is 0 Å². The van der Waals surface area contributed by atoms with Gasteiger partial charge in [-0.05, 0) is 39.7 Å². The molecule has 0 fully saturated rings. The molecule has 2 nitrogen and oxygen atoms in total. The van der Waals surface area contributed by atoms with Crippen molar-refractivity contribution >= 4 is 55.1 Å². The van der Waals surface area contributed by atoms with Crippen molar-refractivity contribution in [1.82, 2.24) is 0 Å². The van der Waals surface area contributed by atoms with Crippen molar-refractivity contribution in [3.8, 4) is 11.5 Å². The summed E-state index contributed by atoms with van der Waals surface area (Å²) in [6, 6.07) is 8.60. The van der Waals surface area contributed by atoms with Crippen LogP contribution in [-0.2, 0) is 6.61 Å². The minimum absolute atomic E-state index is 0.0360. The van der Waals surface area contributed by atoms with Crippen LogP contribution in [0.2, 0.25) is 10.0 Å². The van der Waals surface area contributed by atoms with E-state index in [2.05, 4.69) is 31.9 Å². The average Bonchev–Trinajstić information content (AvgIpc) is 2.36. The van der Waals surface area contributed by atoms with E-state index in [1.54, 1.807) is 30.3 Å². The Labute approximate surface area is 137 Å². The molecule has 0 saturated carbocycles. The number of hydrogen-bond donors (Lipinski definition) is 1. The number of hydrogen-bond acceptors (Lipinski definition) is 2. The molecule has 2 rings (SSSR count). The van der Waals surface area contributed by atoms with Gasteiger partial charge in [0.2, 0.25) is 0 Å². The minimum Gasteiger partial charge on any atom is -0.456 e. The molecule has 0 radical (unpaired) electrons. The maximum Gasteiger partial charge on any atom is 0.147 e. The molecule has 2 aromatic carbocycles. The quantitative estimate of drug-likeness (QED) is 0.628.